The minimum atomic E-state index is -0.285. The van der Waals surface area contributed by atoms with Gasteiger partial charge in [-0.05, 0) is 43.3 Å². The summed E-state index contributed by atoms with van der Waals surface area (Å²) >= 11 is 0. The maximum atomic E-state index is 13.1. The molecule has 4 rings (SSSR count). The fourth-order valence-corrected chi connectivity index (χ4v) is 3.74. The summed E-state index contributed by atoms with van der Waals surface area (Å²) in [5.41, 5.74) is 2.43. The van der Waals surface area contributed by atoms with Crippen molar-refractivity contribution in [2.45, 2.75) is 13.3 Å². The molecule has 2 aromatic carbocycles. The van der Waals surface area contributed by atoms with E-state index < -0.39 is 0 Å². The van der Waals surface area contributed by atoms with Crippen LogP contribution in [-0.2, 0) is 6.42 Å². The van der Waals surface area contributed by atoms with Crippen LogP contribution in [0.5, 0.6) is 5.75 Å². The summed E-state index contributed by atoms with van der Waals surface area (Å²) in [7, 11) is 0. The van der Waals surface area contributed by atoms with Crippen LogP contribution < -0.4 is 10.2 Å². The van der Waals surface area contributed by atoms with Crippen molar-refractivity contribution >= 4 is 35.6 Å². The van der Waals surface area contributed by atoms with Gasteiger partial charge in [0.25, 0.3) is 0 Å². The number of aromatic hydroxyl groups is 1. The molecule has 0 spiro atoms. The Balaban J connectivity index is 0.00000306. The highest BCUT2D eigenvalue weighted by molar-refractivity contribution is 14.0. The number of para-hydroxylation sites is 2. The summed E-state index contributed by atoms with van der Waals surface area (Å²) in [4.78, 5) is 13.7. The van der Waals surface area contributed by atoms with E-state index in [0.717, 1.165) is 55.6 Å². The van der Waals surface area contributed by atoms with Crippen molar-refractivity contribution in [2.75, 3.05) is 44.2 Å². The van der Waals surface area contributed by atoms with Gasteiger partial charge >= 0.3 is 0 Å². The number of guanidine groups is 1. The lowest BCUT2D eigenvalue weighted by atomic mass is 10.2. The molecule has 0 radical (unpaired) electrons. The predicted molar refractivity (Wildman–Crippen MR) is 139 cm³/mol. The number of phenols is 1. The zero-order valence-corrected chi connectivity index (χ0v) is 20.9. The third kappa shape index (κ3) is 6.37. The molecule has 0 saturated carbocycles. The summed E-state index contributed by atoms with van der Waals surface area (Å²) in [6.07, 6.45) is 2.28. The van der Waals surface area contributed by atoms with Crippen LogP contribution in [0.4, 0.5) is 10.1 Å². The second kappa shape index (κ2) is 11.9. The molecule has 0 atom stereocenters. The molecule has 1 aliphatic rings. The average molecular weight is 565 g/mol. The maximum Gasteiger partial charge on any atom is 0.226 e. The maximum absolute atomic E-state index is 13.1. The van der Waals surface area contributed by atoms with Crippen molar-refractivity contribution in [3.05, 3.63) is 66.3 Å². The molecule has 0 aliphatic carbocycles. The first-order valence-electron chi connectivity index (χ1n) is 10.9. The molecule has 1 aromatic heterocycles. The molecule has 7 nitrogen and oxygen atoms in total. The number of aromatic nitrogens is 1. The van der Waals surface area contributed by atoms with Crippen LogP contribution in [0.25, 0.3) is 11.5 Å². The molecule has 2 N–H and O–H groups in total. The number of phenolic OH excluding ortho intramolecular Hbond substituents is 1. The van der Waals surface area contributed by atoms with Crippen molar-refractivity contribution in [2.24, 2.45) is 4.99 Å². The molecule has 9 heteroatoms. The smallest absolute Gasteiger partial charge is 0.226 e. The normalized spacial score (nSPS) is 14.2. The van der Waals surface area contributed by atoms with E-state index in [1.807, 2.05) is 18.2 Å². The van der Waals surface area contributed by atoms with Gasteiger partial charge in [-0.1, -0.05) is 12.1 Å². The lowest BCUT2D eigenvalue weighted by Crippen LogP contribution is -2.52. The van der Waals surface area contributed by atoms with Crippen molar-refractivity contribution in [1.29, 1.82) is 0 Å². The third-order valence-corrected chi connectivity index (χ3v) is 5.41. The fourth-order valence-electron chi connectivity index (χ4n) is 3.74. The van der Waals surface area contributed by atoms with Gasteiger partial charge in [-0.15, -0.1) is 24.0 Å². The number of benzene rings is 2. The summed E-state index contributed by atoms with van der Waals surface area (Å²) in [6, 6.07) is 13.5. The van der Waals surface area contributed by atoms with E-state index >= 15 is 0 Å². The van der Waals surface area contributed by atoms with Gasteiger partial charge in [0.2, 0.25) is 5.89 Å². The van der Waals surface area contributed by atoms with Gasteiger partial charge in [0.15, 0.2) is 5.96 Å². The van der Waals surface area contributed by atoms with Crippen molar-refractivity contribution in [3.63, 3.8) is 0 Å². The molecule has 2 heterocycles. The second-order valence-corrected chi connectivity index (χ2v) is 7.60. The number of hydrogen-bond acceptors (Lipinski definition) is 5. The lowest BCUT2D eigenvalue weighted by molar-refractivity contribution is 0.370. The van der Waals surface area contributed by atoms with Gasteiger partial charge in [0.05, 0.1) is 11.4 Å². The van der Waals surface area contributed by atoms with E-state index in [1.54, 1.807) is 24.5 Å². The summed E-state index contributed by atoms with van der Waals surface area (Å²) < 4.78 is 18.6. The number of rotatable bonds is 6. The molecule has 176 valence electrons. The number of anilines is 1. The van der Waals surface area contributed by atoms with Crippen LogP contribution in [0.2, 0.25) is 0 Å². The number of nitrogens with one attached hydrogen (secondary N) is 1. The number of piperazine rings is 1. The minimum Gasteiger partial charge on any atom is -0.506 e. The van der Waals surface area contributed by atoms with Gasteiger partial charge in [-0.3, -0.25) is 4.99 Å². The Morgan fingerprint density at radius 1 is 1.12 bits per heavy atom. The Labute approximate surface area is 210 Å². The molecular weight excluding hydrogens is 536 g/mol. The number of nitrogens with zero attached hydrogens (tertiary/aromatic N) is 4. The lowest BCUT2D eigenvalue weighted by Gasteiger charge is -2.37. The number of oxazole rings is 1. The van der Waals surface area contributed by atoms with Crippen molar-refractivity contribution in [1.82, 2.24) is 15.2 Å². The Morgan fingerprint density at radius 3 is 2.55 bits per heavy atom. The predicted octanol–water partition coefficient (Wildman–Crippen LogP) is 4.13. The van der Waals surface area contributed by atoms with Crippen LogP contribution in [0.3, 0.4) is 0 Å². The topological polar surface area (TPSA) is 77.1 Å². The molecule has 1 aliphatic heterocycles. The molecule has 3 aromatic rings. The second-order valence-electron chi connectivity index (χ2n) is 7.60. The standard InChI is InChI=1S/C24H28FN5O2.HI/c1-2-26-24(30-15-13-29(14-16-30)21-5-3-4-6-22(21)31)27-12-11-20-17-32-23(28-20)18-7-9-19(25)10-8-18;/h3-10,17,31H,2,11-16H2,1H3,(H,26,27);1H. The first kappa shape index (κ1) is 24.8. The molecule has 0 unspecified atom stereocenters. The van der Waals surface area contributed by atoms with Gasteiger partial charge in [0.1, 0.15) is 17.8 Å². The quantitative estimate of drug-likeness (QED) is 0.266. The van der Waals surface area contributed by atoms with Crippen LogP contribution in [-0.4, -0.2) is 60.2 Å². The summed E-state index contributed by atoms with van der Waals surface area (Å²) in [5, 5.41) is 13.5. The monoisotopic (exact) mass is 565 g/mol. The van der Waals surface area contributed by atoms with Crippen LogP contribution in [0, 0.1) is 5.82 Å². The zero-order valence-electron chi connectivity index (χ0n) is 18.6. The minimum absolute atomic E-state index is 0. The van der Waals surface area contributed by atoms with Crippen LogP contribution in [0.15, 0.2) is 64.2 Å². The van der Waals surface area contributed by atoms with Crippen molar-refractivity contribution in [3.8, 4) is 17.2 Å². The summed E-state index contributed by atoms with van der Waals surface area (Å²) in [5.74, 6) is 1.39. The Morgan fingerprint density at radius 2 is 1.85 bits per heavy atom. The van der Waals surface area contributed by atoms with E-state index in [-0.39, 0.29) is 29.8 Å². The SMILES string of the molecule is CCNC(=NCCc1coc(-c2ccc(F)cc2)n1)N1CCN(c2ccccc2O)CC1.I. The van der Waals surface area contributed by atoms with E-state index in [9.17, 15) is 9.50 Å². The van der Waals surface area contributed by atoms with E-state index in [0.29, 0.717) is 24.6 Å². The number of halogens is 2. The van der Waals surface area contributed by atoms with E-state index in [2.05, 4.69) is 27.0 Å². The van der Waals surface area contributed by atoms with Gasteiger partial charge in [0, 0.05) is 51.3 Å². The fraction of sp³-hybridized carbons (Fsp3) is 0.333. The molecule has 0 amide bonds. The first-order chi connectivity index (χ1) is 15.6. The average Bonchev–Trinajstić information content (AvgIpc) is 3.28. The molecule has 0 bridgehead atoms. The van der Waals surface area contributed by atoms with Gasteiger partial charge in [-0.2, -0.15) is 0 Å². The molecule has 33 heavy (non-hydrogen) atoms. The van der Waals surface area contributed by atoms with E-state index in [1.165, 1.54) is 12.1 Å². The highest BCUT2D eigenvalue weighted by Gasteiger charge is 2.21. The van der Waals surface area contributed by atoms with Crippen LogP contribution in [0.1, 0.15) is 12.6 Å². The Hall–Kier alpha value is -2.82. The Kier molecular flexibility index (Phi) is 8.93. The zero-order chi connectivity index (χ0) is 22.3. The largest absolute Gasteiger partial charge is 0.506 e. The molecule has 1 saturated heterocycles. The van der Waals surface area contributed by atoms with Crippen molar-refractivity contribution < 1.29 is 13.9 Å². The highest BCUT2D eigenvalue weighted by Crippen LogP contribution is 2.27. The van der Waals surface area contributed by atoms with E-state index in [4.69, 9.17) is 9.41 Å². The van der Waals surface area contributed by atoms with Gasteiger partial charge < -0.3 is 24.6 Å². The first-order valence-corrected chi connectivity index (χ1v) is 10.9. The third-order valence-electron chi connectivity index (χ3n) is 5.41. The van der Waals surface area contributed by atoms with Crippen LogP contribution >= 0.6 is 24.0 Å². The van der Waals surface area contributed by atoms with Gasteiger partial charge in [-0.25, -0.2) is 9.37 Å². The molecule has 1 fully saturated rings. The molecular formula is C24H29FIN5O2. The number of aliphatic imine (C=N–C) groups is 1. The highest BCUT2D eigenvalue weighted by atomic mass is 127. The summed E-state index contributed by atoms with van der Waals surface area (Å²) in [6.45, 7) is 6.69. The number of hydrogen-bond donors (Lipinski definition) is 2. The Bertz CT molecular complexity index is 1050.